The Morgan fingerprint density at radius 3 is 2.85 bits per heavy atom. The SMILES string of the molecule is C=CCCCN(C)C(=O)C1CCCN1C1CCNCC1. The van der Waals surface area contributed by atoms with Gasteiger partial charge in [-0.25, -0.2) is 0 Å². The van der Waals surface area contributed by atoms with Gasteiger partial charge in [-0.15, -0.1) is 6.58 Å². The summed E-state index contributed by atoms with van der Waals surface area (Å²) >= 11 is 0. The average Bonchev–Trinajstić information content (AvgIpc) is 2.97. The van der Waals surface area contributed by atoms with Crippen LogP contribution in [0.3, 0.4) is 0 Å². The predicted octanol–water partition coefficient (Wildman–Crippen LogP) is 1.63. The van der Waals surface area contributed by atoms with Crippen molar-refractivity contribution in [3.05, 3.63) is 12.7 Å². The summed E-state index contributed by atoms with van der Waals surface area (Å²) in [5.74, 6) is 0.324. The van der Waals surface area contributed by atoms with Gasteiger partial charge in [0.1, 0.15) is 0 Å². The van der Waals surface area contributed by atoms with E-state index in [-0.39, 0.29) is 6.04 Å². The molecule has 0 aromatic rings. The summed E-state index contributed by atoms with van der Waals surface area (Å²) < 4.78 is 0. The highest BCUT2D eigenvalue weighted by Crippen LogP contribution is 2.25. The van der Waals surface area contributed by atoms with Crippen molar-refractivity contribution in [1.82, 2.24) is 15.1 Å². The molecular weight excluding hydrogens is 250 g/mol. The first-order valence-electron chi connectivity index (χ1n) is 8.06. The summed E-state index contributed by atoms with van der Waals surface area (Å²) in [6, 6.07) is 0.737. The number of piperidine rings is 1. The topological polar surface area (TPSA) is 35.6 Å². The second-order valence-electron chi connectivity index (χ2n) is 6.07. The number of unbranched alkanes of at least 4 members (excludes halogenated alkanes) is 1. The first-order chi connectivity index (χ1) is 9.74. The number of likely N-dealkylation sites (tertiary alicyclic amines) is 1. The lowest BCUT2D eigenvalue weighted by atomic mass is 10.0. The van der Waals surface area contributed by atoms with Gasteiger partial charge >= 0.3 is 0 Å². The van der Waals surface area contributed by atoms with E-state index in [1.54, 1.807) is 0 Å². The summed E-state index contributed by atoms with van der Waals surface area (Å²) in [6.45, 7) is 7.87. The lowest BCUT2D eigenvalue weighted by Gasteiger charge is -2.36. The van der Waals surface area contributed by atoms with E-state index in [1.807, 2.05) is 18.0 Å². The van der Waals surface area contributed by atoms with Crippen LogP contribution in [0.4, 0.5) is 0 Å². The molecule has 2 rings (SSSR count). The van der Waals surface area contributed by atoms with Crippen molar-refractivity contribution in [1.29, 1.82) is 0 Å². The third kappa shape index (κ3) is 3.83. The van der Waals surface area contributed by atoms with Crippen molar-refractivity contribution >= 4 is 5.91 Å². The third-order valence-electron chi connectivity index (χ3n) is 4.63. The Morgan fingerprint density at radius 1 is 1.40 bits per heavy atom. The van der Waals surface area contributed by atoms with Crippen LogP contribution >= 0.6 is 0 Å². The van der Waals surface area contributed by atoms with Crippen LogP contribution in [0.1, 0.15) is 38.5 Å². The van der Waals surface area contributed by atoms with Gasteiger partial charge in [-0.1, -0.05) is 6.08 Å². The minimum Gasteiger partial charge on any atom is -0.344 e. The highest BCUT2D eigenvalue weighted by atomic mass is 16.2. The standard InChI is InChI=1S/C16H29N3O/c1-3-4-5-12-18(2)16(20)15-7-6-13-19(15)14-8-10-17-11-9-14/h3,14-15,17H,1,4-13H2,2H3. The zero-order valence-electron chi connectivity index (χ0n) is 12.8. The molecule has 0 bridgehead atoms. The average molecular weight is 279 g/mol. The van der Waals surface area contributed by atoms with Crippen LogP contribution in [0.5, 0.6) is 0 Å². The van der Waals surface area contributed by atoms with Crippen molar-refractivity contribution < 1.29 is 4.79 Å². The predicted molar refractivity (Wildman–Crippen MR) is 82.7 cm³/mol. The van der Waals surface area contributed by atoms with E-state index in [1.165, 1.54) is 19.3 Å². The number of hydrogen-bond donors (Lipinski definition) is 1. The van der Waals surface area contributed by atoms with E-state index < -0.39 is 0 Å². The van der Waals surface area contributed by atoms with Gasteiger partial charge in [0.25, 0.3) is 0 Å². The summed E-state index contributed by atoms with van der Waals surface area (Å²) in [7, 11) is 1.95. The van der Waals surface area contributed by atoms with Crippen molar-refractivity contribution in [3.8, 4) is 0 Å². The molecule has 20 heavy (non-hydrogen) atoms. The van der Waals surface area contributed by atoms with Crippen molar-refractivity contribution in [2.75, 3.05) is 33.2 Å². The van der Waals surface area contributed by atoms with E-state index >= 15 is 0 Å². The van der Waals surface area contributed by atoms with E-state index in [9.17, 15) is 4.79 Å². The zero-order chi connectivity index (χ0) is 14.4. The van der Waals surface area contributed by atoms with E-state index in [4.69, 9.17) is 0 Å². The molecule has 0 aliphatic carbocycles. The fraction of sp³-hybridized carbons (Fsp3) is 0.812. The quantitative estimate of drug-likeness (QED) is 0.593. The van der Waals surface area contributed by atoms with Gasteiger partial charge in [0.2, 0.25) is 5.91 Å². The maximum Gasteiger partial charge on any atom is 0.239 e. The van der Waals surface area contributed by atoms with Crippen LogP contribution in [0.25, 0.3) is 0 Å². The second-order valence-corrected chi connectivity index (χ2v) is 6.07. The van der Waals surface area contributed by atoms with Crippen molar-refractivity contribution in [3.63, 3.8) is 0 Å². The first kappa shape index (κ1) is 15.5. The fourth-order valence-corrected chi connectivity index (χ4v) is 3.47. The molecule has 4 heteroatoms. The molecule has 1 amide bonds. The van der Waals surface area contributed by atoms with Crippen LogP contribution in [-0.4, -0.2) is 61.0 Å². The smallest absolute Gasteiger partial charge is 0.239 e. The Kier molecular flexibility index (Phi) is 6.05. The molecule has 114 valence electrons. The van der Waals surface area contributed by atoms with E-state index in [2.05, 4.69) is 16.8 Å². The van der Waals surface area contributed by atoms with Gasteiger partial charge in [0, 0.05) is 19.6 Å². The maximum atomic E-state index is 12.6. The Bertz CT molecular complexity index is 326. The number of amides is 1. The molecule has 4 nitrogen and oxygen atoms in total. The number of nitrogens with zero attached hydrogens (tertiary/aromatic N) is 2. The fourth-order valence-electron chi connectivity index (χ4n) is 3.47. The molecule has 0 aromatic heterocycles. The third-order valence-corrected chi connectivity index (χ3v) is 4.63. The van der Waals surface area contributed by atoms with Crippen molar-refractivity contribution in [2.45, 2.75) is 50.6 Å². The van der Waals surface area contributed by atoms with Crippen LogP contribution in [-0.2, 0) is 4.79 Å². The summed E-state index contributed by atoms with van der Waals surface area (Å²) in [4.78, 5) is 17.0. The van der Waals surface area contributed by atoms with Crippen LogP contribution < -0.4 is 5.32 Å². The van der Waals surface area contributed by atoms with Crippen LogP contribution in [0, 0.1) is 0 Å². The molecule has 1 unspecified atom stereocenters. The van der Waals surface area contributed by atoms with E-state index in [0.29, 0.717) is 11.9 Å². The monoisotopic (exact) mass is 279 g/mol. The number of hydrogen-bond acceptors (Lipinski definition) is 3. The number of likely N-dealkylation sites (N-methyl/N-ethyl adjacent to an activating group) is 1. The lowest BCUT2D eigenvalue weighted by Crippen LogP contribution is -2.51. The highest BCUT2D eigenvalue weighted by Gasteiger charge is 2.36. The minimum absolute atomic E-state index is 0.131. The van der Waals surface area contributed by atoms with Gasteiger partial charge in [-0.05, 0) is 58.2 Å². The van der Waals surface area contributed by atoms with Crippen LogP contribution in [0.2, 0.25) is 0 Å². The van der Waals surface area contributed by atoms with Gasteiger partial charge < -0.3 is 10.2 Å². The maximum absolute atomic E-state index is 12.6. The normalized spacial score (nSPS) is 24.8. The Hall–Kier alpha value is -0.870. The van der Waals surface area contributed by atoms with Gasteiger partial charge in [-0.3, -0.25) is 9.69 Å². The molecule has 0 saturated carbocycles. The molecule has 1 N–H and O–H groups in total. The molecule has 2 aliphatic rings. The lowest BCUT2D eigenvalue weighted by molar-refractivity contribution is -0.135. The summed E-state index contributed by atoms with van der Waals surface area (Å²) in [6.07, 6.45) is 8.50. The molecule has 0 spiro atoms. The van der Waals surface area contributed by atoms with Gasteiger partial charge in [0.15, 0.2) is 0 Å². The first-order valence-corrected chi connectivity index (χ1v) is 8.06. The summed E-state index contributed by atoms with van der Waals surface area (Å²) in [5.41, 5.74) is 0. The molecule has 2 aliphatic heterocycles. The van der Waals surface area contributed by atoms with E-state index in [0.717, 1.165) is 45.4 Å². The molecule has 0 radical (unpaired) electrons. The molecule has 2 fully saturated rings. The minimum atomic E-state index is 0.131. The van der Waals surface area contributed by atoms with Gasteiger partial charge in [-0.2, -0.15) is 0 Å². The number of nitrogens with one attached hydrogen (secondary N) is 1. The number of allylic oxidation sites excluding steroid dienone is 1. The molecular formula is C16H29N3O. The molecule has 1 atom stereocenters. The Morgan fingerprint density at radius 2 is 2.15 bits per heavy atom. The van der Waals surface area contributed by atoms with Crippen LogP contribution in [0.15, 0.2) is 12.7 Å². The largest absolute Gasteiger partial charge is 0.344 e. The van der Waals surface area contributed by atoms with Crippen molar-refractivity contribution in [2.24, 2.45) is 0 Å². The number of carbonyl (C=O) groups is 1. The molecule has 0 aromatic carbocycles. The molecule has 2 heterocycles. The Balaban J connectivity index is 1.88. The second kappa shape index (κ2) is 7.79. The highest BCUT2D eigenvalue weighted by molar-refractivity contribution is 5.82. The van der Waals surface area contributed by atoms with Gasteiger partial charge in [0.05, 0.1) is 6.04 Å². The molecule has 2 saturated heterocycles. The number of carbonyl (C=O) groups excluding carboxylic acids is 1. The zero-order valence-corrected chi connectivity index (χ0v) is 12.8. The number of rotatable bonds is 6. The Labute approximate surface area is 123 Å². The summed E-state index contributed by atoms with van der Waals surface area (Å²) in [5, 5.41) is 3.41.